The van der Waals surface area contributed by atoms with Crippen LogP contribution in [0.25, 0.3) is 16.7 Å². The number of piperazine rings is 1. The molecule has 10 heteroatoms. The van der Waals surface area contributed by atoms with Crippen molar-refractivity contribution in [3.05, 3.63) is 77.6 Å². The molecule has 4 heterocycles. The van der Waals surface area contributed by atoms with Crippen molar-refractivity contribution in [1.82, 2.24) is 29.7 Å². The average molecular weight is 520 g/mol. The van der Waals surface area contributed by atoms with Crippen molar-refractivity contribution in [1.29, 1.82) is 0 Å². The minimum Gasteiger partial charge on any atom is -0.379 e. The molecule has 0 spiro atoms. The summed E-state index contributed by atoms with van der Waals surface area (Å²) in [6.45, 7) is 7.78. The van der Waals surface area contributed by atoms with Crippen LogP contribution in [0.5, 0.6) is 0 Å². The zero-order chi connectivity index (χ0) is 25.9. The Morgan fingerprint density at radius 1 is 0.895 bits per heavy atom. The van der Waals surface area contributed by atoms with Gasteiger partial charge in [-0.25, -0.2) is 13.8 Å². The maximum absolute atomic E-state index is 15.0. The van der Waals surface area contributed by atoms with E-state index in [4.69, 9.17) is 4.74 Å². The van der Waals surface area contributed by atoms with Gasteiger partial charge in [0.15, 0.2) is 0 Å². The lowest BCUT2D eigenvalue weighted by Gasteiger charge is -2.27. The van der Waals surface area contributed by atoms with Gasteiger partial charge < -0.3 is 19.9 Å². The van der Waals surface area contributed by atoms with Crippen molar-refractivity contribution in [2.45, 2.75) is 13.1 Å². The molecule has 2 aromatic heterocycles. The number of aromatic nitrogens is 3. The Labute approximate surface area is 220 Å². The lowest BCUT2D eigenvalue weighted by Crippen LogP contribution is -2.42. The molecule has 2 saturated heterocycles. The third-order valence-electron chi connectivity index (χ3n) is 7.14. The van der Waals surface area contributed by atoms with Crippen LogP contribution in [0.4, 0.5) is 20.4 Å². The fourth-order valence-corrected chi connectivity index (χ4v) is 5.00. The maximum atomic E-state index is 15.0. The van der Waals surface area contributed by atoms with Crippen molar-refractivity contribution in [3.63, 3.8) is 0 Å². The van der Waals surface area contributed by atoms with E-state index >= 15 is 8.78 Å². The number of rotatable bonds is 7. The Kier molecular flexibility index (Phi) is 7.28. The highest BCUT2D eigenvalue weighted by atomic mass is 19.1. The van der Waals surface area contributed by atoms with E-state index in [0.29, 0.717) is 43.6 Å². The van der Waals surface area contributed by atoms with Crippen molar-refractivity contribution in [3.8, 4) is 5.69 Å². The number of halogens is 2. The Hall–Kier alpha value is -3.44. The summed E-state index contributed by atoms with van der Waals surface area (Å²) in [7, 11) is 0. The Morgan fingerprint density at radius 2 is 1.61 bits per heavy atom. The maximum Gasteiger partial charge on any atom is 0.229 e. The molecule has 2 N–H and O–H groups in total. The standard InChI is InChI=1S/C28H31F2N7O/c29-25-15-23(16-26(30)24(25)19-36-11-13-38-14-12-36)37-8-5-21-17-32-28(34-27(21)37)33-22-3-1-20(2-4-22)18-35-9-6-31-7-10-35/h1-5,8,15-17,31H,6-7,9-14,18-19H2,(H,32,33,34). The Morgan fingerprint density at radius 3 is 2.34 bits per heavy atom. The minimum atomic E-state index is -0.568. The van der Waals surface area contributed by atoms with E-state index in [1.807, 2.05) is 23.1 Å². The molecule has 38 heavy (non-hydrogen) atoms. The highest BCUT2D eigenvalue weighted by Gasteiger charge is 2.19. The summed E-state index contributed by atoms with van der Waals surface area (Å²) >= 11 is 0. The molecule has 2 aromatic carbocycles. The second-order valence-electron chi connectivity index (χ2n) is 9.78. The third-order valence-corrected chi connectivity index (χ3v) is 7.14. The number of hydrogen-bond acceptors (Lipinski definition) is 7. The molecular formula is C28H31F2N7O. The van der Waals surface area contributed by atoms with Gasteiger partial charge in [-0.2, -0.15) is 4.98 Å². The quantitative estimate of drug-likeness (QED) is 0.386. The number of benzene rings is 2. The molecule has 0 aliphatic carbocycles. The van der Waals surface area contributed by atoms with Crippen molar-refractivity contribution < 1.29 is 13.5 Å². The predicted molar refractivity (Wildman–Crippen MR) is 143 cm³/mol. The van der Waals surface area contributed by atoms with Crippen LogP contribution in [0.3, 0.4) is 0 Å². The summed E-state index contributed by atoms with van der Waals surface area (Å²) in [6.07, 6.45) is 3.46. The van der Waals surface area contributed by atoms with Crippen molar-refractivity contribution in [2.24, 2.45) is 0 Å². The summed E-state index contributed by atoms with van der Waals surface area (Å²) < 4.78 is 37.1. The topological polar surface area (TPSA) is 70.5 Å². The van der Waals surface area contributed by atoms with Crippen LogP contribution in [0.1, 0.15) is 11.1 Å². The molecule has 0 saturated carbocycles. The first-order chi connectivity index (χ1) is 18.6. The first kappa shape index (κ1) is 24.9. The summed E-state index contributed by atoms with van der Waals surface area (Å²) in [5.74, 6) is -0.722. The van der Waals surface area contributed by atoms with Gasteiger partial charge in [0.1, 0.15) is 17.3 Å². The second-order valence-corrected chi connectivity index (χ2v) is 9.78. The van der Waals surface area contributed by atoms with Gasteiger partial charge in [0, 0.05) is 81.4 Å². The fraction of sp³-hybridized carbons (Fsp3) is 0.357. The number of morpholine rings is 1. The predicted octanol–water partition coefficient (Wildman–Crippen LogP) is 3.68. The molecule has 8 nitrogen and oxygen atoms in total. The average Bonchev–Trinajstić information content (AvgIpc) is 3.36. The molecular weight excluding hydrogens is 488 g/mol. The number of anilines is 2. The van der Waals surface area contributed by atoms with Gasteiger partial charge in [-0.15, -0.1) is 0 Å². The van der Waals surface area contributed by atoms with E-state index in [1.54, 1.807) is 17.0 Å². The van der Waals surface area contributed by atoms with Gasteiger partial charge in [0.25, 0.3) is 0 Å². The van der Waals surface area contributed by atoms with E-state index in [9.17, 15) is 0 Å². The van der Waals surface area contributed by atoms with Crippen LogP contribution < -0.4 is 10.6 Å². The van der Waals surface area contributed by atoms with Gasteiger partial charge in [-0.05, 0) is 35.9 Å². The number of hydrogen-bond donors (Lipinski definition) is 2. The van der Waals surface area contributed by atoms with Crippen LogP contribution in [0, 0.1) is 11.6 Å². The summed E-state index contributed by atoms with van der Waals surface area (Å²) in [4.78, 5) is 13.5. The van der Waals surface area contributed by atoms with Crippen LogP contribution in [0.15, 0.2) is 54.9 Å². The van der Waals surface area contributed by atoms with Crippen LogP contribution in [0.2, 0.25) is 0 Å². The summed E-state index contributed by atoms with van der Waals surface area (Å²) in [6, 6.07) is 12.8. The molecule has 0 radical (unpaired) electrons. The van der Waals surface area contributed by atoms with E-state index in [1.165, 1.54) is 17.7 Å². The SMILES string of the molecule is Fc1cc(-n2ccc3cnc(Nc4ccc(CN5CCNCC5)cc4)nc32)cc(F)c1CN1CCOCC1. The molecule has 0 atom stereocenters. The first-order valence-corrected chi connectivity index (χ1v) is 13.0. The van der Waals surface area contributed by atoms with E-state index in [0.717, 1.165) is 43.8 Å². The Balaban J connectivity index is 1.19. The zero-order valence-electron chi connectivity index (χ0n) is 21.2. The fourth-order valence-electron chi connectivity index (χ4n) is 5.00. The first-order valence-electron chi connectivity index (χ1n) is 13.0. The lowest BCUT2D eigenvalue weighted by molar-refractivity contribution is 0.0332. The third kappa shape index (κ3) is 5.53. The normalized spacial score (nSPS) is 17.2. The summed E-state index contributed by atoms with van der Waals surface area (Å²) in [5, 5.41) is 7.40. The van der Waals surface area contributed by atoms with Gasteiger partial charge in [-0.3, -0.25) is 9.80 Å². The lowest BCUT2D eigenvalue weighted by atomic mass is 10.1. The zero-order valence-corrected chi connectivity index (χ0v) is 21.2. The number of ether oxygens (including phenoxy) is 1. The summed E-state index contributed by atoms with van der Waals surface area (Å²) in [5.41, 5.74) is 3.14. The molecule has 2 aliphatic heterocycles. The molecule has 198 valence electrons. The van der Waals surface area contributed by atoms with Crippen LogP contribution >= 0.6 is 0 Å². The van der Waals surface area contributed by atoms with Gasteiger partial charge in [0.05, 0.1) is 18.9 Å². The molecule has 0 unspecified atom stereocenters. The second kappa shape index (κ2) is 11.1. The smallest absolute Gasteiger partial charge is 0.229 e. The number of fused-ring (bicyclic) bond motifs is 1. The molecule has 2 aliphatic rings. The van der Waals surface area contributed by atoms with Gasteiger partial charge in [-0.1, -0.05) is 12.1 Å². The number of nitrogens with zero attached hydrogens (tertiary/aromatic N) is 5. The van der Waals surface area contributed by atoms with Crippen LogP contribution in [-0.2, 0) is 17.8 Å². The molecule has 6 rings (SSSR count). The number of nitrogens with one attached hydrogen (secondary N) is 2. The van der Waals surface area contributed by atoms with E-state index in [-0.39, 0.29) is 12.1 Å². The van der Waals surface area contributed by atoms with Crippen molar-refractivity contribution >= 4 is 22.7 Å². The molecule has 0 amide bonds. The highest BCUT2D eigenvalue weighted by Crippen LogP contribution is 2.25. The molecule has 4 aromatic rings. The molecule has 0 bridgehead atoms. The highest BCUT2D eigenvalue weighted by molar-refractivity contribution is 5.78. The minimum absolute atomic E-state index is 0.0736. The van der Waals surface area contributed by atoms with Crippen LogP contribution in [-0.4, -0.2) is 76.8 Å². The van der Waals surface area contributed by atoms with E-state index < -0.39 is 11.6 Å². The van der Waals surface area contributed by atoms with Crippen molar-refractivity contribution in [2.75, 3.05) is 57.8 Å². The Bertz CT molecular complexity index is 1370. The van der Waals surface area contributed by atoms with E-state index in [2.05, 4.69) is 37.6 Å². The van der Waals surface area contributed by atoms with Gasteiger partial charge in [0.2, 0.25) is 5.95 Å². The molecule has 2 fully saturated rings. The monoisotopic (exact) mass is 519 g/mol. The largest absolute Gasteiger partial charge is 0.379 e. The van der Waals surface area contributed by atoms with Gasteiger partial charge >= 0.3 is 0 Å².